The van der Waals surface area contributed by atoms with Gasteiger partial charge in [0.2, 0.25) is 0 Å². The van der Waals surface area contributed by atoms with Crippen LogP contribution in [-0.4, -0.2) is 49.2 Å². The molecule has 0 aliphatic carbocycles. The topological polar surface area (TPSA) is 107 Å². The summed E-state index contributed by atoms with van der Waals surface area (Å²) < 4.78 is 23.1. The molecule has 0 unspecified atom stereocenters. The number of nitrogens with zero attached hydrogens (tertiary/aromatic N) is 2. The maximum absolute atomic E-state index is 13.7. The van der Waals surface area contributed by atoms with Gasteiger partial charge in [-0.3, -0.25) is 14.5 Å². The fraction of sp³-hybridized carbons (Fsp3) is 0.233. The van der Waals surface area contributed by atoms with Crippen LogP contribution in [-0.2, 0) is 9.59 Å². The number of thiazole rings is 1. The second kappa shape index (κ2) is 9.87. The maximum atomic E-state index is 13.7. The molecule has 10 heteroatoms. The Balaban J connectivity index is 1.57. The van der Waals surface area contributed by atoms with Gasteiger partial charge in [0, 0.05) is 5.56 Å². The minimum Gasteiger partial charge on any atom is -0.507 e. The van der Waals surface area contributed by atoms with Gasteiger partial charge in [-0.15, -0.1) is 0 Å². The largest absolute Gasteiger partial charge is 0.507 e. The first-order valence-electron chi connectivity index (χ1n) is 12.6. The van der Waals surface area contributed by atoms with E-state index in [1.54, 1.807) is 36.4 Å². The smallest absolute Gasteiger partial charge is 0.301 e. The van der Waals surface area contributed by atoms with Gasteiger partial charge in [0.1, 0.15) is 19.0 Å². The Hall–Kier alpha value is -4.57. The summed E-state index contributed by atoms with van der Waals surface area (Å²) in [5.74, 6) is -0.0387. The molecule has 0 spiro atoms. The molecule has 3 aromatic carbocycles. The van der Waals surface area contributed by atoms with E-state index in [1.165, 1.54) is 30.5 Å². The number of methoxy groups -OCH3 is 2. The summed E-state index contributed by atoms with van der Waals surface area (Å²) >= 11 is 1.32. The SMILES string of the molecule is COc1ccc([C@H]2/C(=C(\O)c3ccc4c(c3)OCCO4)C(=O)C(=O)N2c2nc3c(C)cc(C)cc3s2)cc1OC. The molecule has 3 heterocycles. The Bertz CT molecular complexity index is 1720. The molecule has 1 aromatic heterocycles. The van der Waals surface area contributed by atoms with Crippen LogP contribution in [0.25, 0.3) is 16.0 Å². The van der Waals surface area contributed by atoms with E-state index in [9.17, 15) is 14.7 Å². The Morgan fingerprint density at radius 1 is 0.975 bits per heavy atom. The third-order valence-corrected chi connectivity index (χ3v) is 8.01. The van der Waals surface area contributed by atoms with Crippen molar-refractivity contribution in [3.05, 3.63) is 76.4 Å². The van der Waals surface area contributed by atoms with Gasteiger partial charge in [-0.05, 0) is 66.9 Å². The number of aryl methyl sites for hydroxylation is 2. The highest BCUT2D eigenvalue weighted by atomic mass is 32.1. The highest BCUT2D eigenvalue weighted by Crippen LogP contribution is 2.46. The second-order valence-corrected chi connectivity index (χ2v) is 10.6. The molecule has 40 heavy (non-hydrogen) atoms. The number of aliphatic hydroxyl groups excluding tert-OH is 1. The Labute approximate surface area is 234 Å². The Morgan fingerprint density at radius 2 is 1.73 bits per heavy atom. The molecule has 204 valence electrons. The van der Waals surface area contributed by atoms with E-state index in [0.717, 1.165) is 21.3 Å². The van der Waals surface area contributed by atoms with E-state index in [0.29, 0.717) is 52.5 Å². The molecular weight excluding hydrogens is 532 g/mol. The van der Waals surface area contributed by atoms with E-state index in [2.05, 4.69) is 0 Å². The van der Waals surface area contributed by atoms with Crippen molar-refractivity contribution in [3.8, 4) is 23.0 Å². The van der Waals surface area contributed by atoms with Gasteiger partial charge < -0.3 is 24.1 Å². The van der Waals surface area contributed by atoms with Crippen molar-refractivity contribution in [1.29, 1.82) is 0 Å². The number of benzene rings is 3. The van der Waals surface area contributed by atoms with Crippen LogP contribution in [0.3, 0.4) is 0 Å². The molecule has 6 rings (SSSR count). The molecule has 4 aromatic rings. The first-order chi connectivity index (χ1) is 19.3. The van der Waals surface area contributed by atoms with E-state index in [1.807, 2.05) is 26.0 Å². The number of hydrogen-bond donors (Lipinski definition) is 1. The highest BCUT2D eigenvalue weighted by molar-refractivity contribution is 7.22. The predicted octanol–water partition coefficient (Wildman–Crippen LogP) is 5.33. The quantitative estimate of drug-likeness (QED) is 0.199. The summed E-state index contributed by atoms with van der Waals surface area (Å²) in [6, 6.07) is 13.1. The molecule has 9 nitrogen and oxygen atoms in total. The number of carbonyl (C=O) groups is 2. The van der Waals surface area contributed by atoms with Crippen LogP contribution in [0.5, 0.6) is 23.0 Å². The molecule has 0 saturated carbocycles. The van der Waals surface area contributed by atoms with E-state index in [-0.39, 0.29) is 11.3 Å². The van der Waals surface area contributed by atoms with Crippen LogP contribution in [0.1, 0.15) is 28.3 Å². The van der Waals surface area contributed by atoms with Crippen molar-refractivity contribution >= 4 is 44.1 Å². The van der Waals surface area contributed by atoms with Gasteiger partial charge in [-0.25, -0.2) is 4.98 Å². The summed E-state index contributed by atoms with van der Waals surface area (Å²) in [7, 11) is 3.03. The zero-order chi connectivity index (χ0) is 28.1. The summed E-state index contributed by atoms with van der Waals surface area (Å²) in [6.45, 7) is 4.74. The molecule has 1 saturated heterocycles. The zero-order valence-electron chi connectivity index (χ0n) is 22.3. The van der Waals surface area contributed by atoms with Crippen LogP contribution >= 0.6 is 11.3 Å². The number of rotatable bonds is 5. The van der Waals surface area contributed by atoms with Crippen molar-refractivity contribution in [3.63, 3.8) is 0 Å². The van der Waals surface area contributed by atoms with E-state index < -0.39 is 17.7 Å². The fourth-order valence-electron chi connectivity index (χ4n) is 5.18. The van der Waals surface area contributed by atoms with Crippen LogP contribution in [0.2, 0.25) is 0 Å². The van der Waals surface area contributed by atoms with Gasteiger partial charge in [0.25, 0.3) is 5.78 Å². The lowest BCUT2D eigenvalue weighted by Gasteiger charge is -2.24. The Kier molecular flexibility index (Phi) is 6.34. The average molecular weight is 559 g/mol. The first kappa shape index (κ1) is 25.7. The maximum Gasteiger partial charge on any atom is 0.301 e. The Morgan fingerprint density at radius 3 is 2.48 bits per heavy atom. The van der Waals surface area contributed by atoms with Crippen molar-refractivity contribution in [1.82, 2.24) is 4.98 Å². The minimum atomic E-state index is -0.977. The first-order valence-corrected chi connectivity index (χ1v) is 13.4. The summed E-state index contributed by atoms with van der Waals surface area (Å²) in [4.78, 5) is 33.4. The minimum absolute atomic E-state index is 0.0685. The van der Waals surface area contributed by atoms with Gasteiger partial charge in [0.05, 0.1) is 36.1 Å². The number of amides is 1. The lowest BCUT2D eigenvalue weighted by Crippen LogP contribution is -2.29. The summed E-state index contributed by atoms with van der Waals surface area (Å²) in [5.41, 5.74) is 3.59. The number of aromatic nitrogens is 1. The van der Waals surface area contributed by atoms with Crippen LogP contribution < -0.4 is 23.8 Å². The number of anilines is 1. The molecule has 1 atom stereocenters. The molecule has 2 aliphatic rings. The number of aliphatic hydroxyl groups is 1. The van der Waals surface area contributed by atoms with Gasteiger partial charge in [-0.2, -0.15) is 0 Å². The molecule has 1 amide bonds. The number of fused-ring (bicyclic) bond motifs is 2. The molecule has 0 bridgehead atoms. The average Bonchev–Trinajstić information content (AvgIpc) is 3.50. The van der Waals surface area contributed by atoms with Crippen molar-refractivity contribution in [2.75, 3.05) is 32.3 Å². The normalized spacial score (nSPS) is 17.9. The lowest BCUT2D eigenvalue weighted by molar-refractivity contribution is -0.132. The van der Waals surface area contributed by atoms with Gasteiger partial charge in [-0.1, -0.05) is 23.5 Å². The molecular formula is C30H26N2O7S. The fourth-order valence-corrected chi connectivity index (χ4v) is 6.34. The molecule has 0 radical (unpaired) electrons. The summed E-state index contributed by atoms with van der Waals surface area (Å²) in [6.07, 6.45) is 0. The monoisotopic (exact) mass is 558 g/mol. The van der Waals surface area contributed by atoms with Crippen molar-refractivity contribution < 1.29 is 33.6 Å². The lowest BCUT2D eigenvalue weighted by atomic mass is 9.95. The number of carbonyl (C=O) groups excluding carboxylic acids is 2. The number of ether oxygens (including phenoxy) is 4. The highest BCUT2D eigenvalue weighted by Gasteiger charge is 2.48. The number of hydrogen-bond acceptors (Lipinski definition) is 9. The van der Waals surface area contributed by atoms with Gasteiger partial charge >= 0.3 is 5.91 Å². The molecule has 1 fully saturated rings. The number of Topliss-reactive ketones (excluding diaryl/α,β-unsaturated/α-hetero) is 1. The molecule has 2 aliphatic heterocycles. The third kappa shape index (κ3) is 4.12. The standard InChI is InChI=1S/C30H26N2O7S/c1-15-11-16(2)25-23(12-15)40-30(31-25)32-26(17-5-7-19(36-3)21(13-17)37-4)24(28(34)29(32)35)27(33)18-6-8-20-22(14-18)39-10-9-38-20/h5-8,11-14,26,33H,9-10H2,1-4H3/b27-24+/t26-/m0/s1. The van der Waals surface area contributed by atoms with Crippen molar-refractivity contribution in [2.24, 2.45) is 0 Å². The summed E-state index contributed by atoms with van der Waals surface area (Å²) in [5, 5.41) is 11.9. The van der Waals surface area contributed by atoms with Crippen LogP contribution in [0, 0.1) is 13.8 Å². The van der Waals surface area contributed by atoms with Crippen LogP contribution in [0.15, 0.2) is 54.1 Å². The zero-order valence-corrected chi connectivity index (χ0v) is 23.1. The van der Waals surface area contributed by atoms with E-state index >= 15 is 0 Å². The number of ketones is 1. The third-order valence-electron chi connectivity index (χ3n) is 7.01. The second-order valence-electron chi connectivity index (χ2n) is 9.57. The van der Waals surface area contributed by atoms with Gasteiger partial charge in [0.15, 0.2) is 28.1 Å². The van der Waals surface area contributed by atoms with E-state index in [4.69, 9.17) is 23.9 Å². The van der Waals surface area contributed by atoms with Crippen molar-refractivity contribution in [2.45, 2.75) is 19.9 Å². The molecule has 1 N–H and O–H groups in total. The van der Waals surface area contributed by atoms with Crippen LogP contribution in [0.4, 0.5) is 5.13 Å². The predicted molar refractivity (Wildman–Crippen MR) is 151 cm³/mol.